The van der Waals surface area contributed by atoms with Crippen LogP contribution in [-0.4, -0.2) is 17.7 Å². The monoisotopic (exact) mass is 116 g/mol. The number of hydrogen-bond donors (Lipinski definition) is 3. The van der Waals surface area contributed by atoms with E-state index in [2.05, 4.69) is 11.9 Å². The average Bonchev–Trinajstić information content (AvgIpc) is 1.83. The number of amides is 1. The predicted octanol–water partition coefficient (Wildman–Crippen LogP) is -0.775. The Morgan fingerprint density at radius 2 is 2.50 bits per heavy atom. The van der Waals surface area contributed by atoms with Gasteiger partial charge >= 0.3 is 0 Å². The van der Waals surface area contributed by atoms with E-state index in [1.54, 1.807) is 0 Å². The minimum Gasteiger partial charge on any atom is -0.383 e. The molecule has 0 aliphatic carbocycles. The van der Waals surface area contributed by atoms with E-state index >= 15 is 0 Å². The highest BCUT2D eigenvalue weighted by Gasteiger charge is 1.91. The van der Waals surface area contributed by atoms with Crippen LogP contribution >= 0.6 is 0 Å². The van der Waals surface area contributed by atoms with Crippen LogP contribution in [0.15, 0.2) is 12.8 Å². The summed E-state index contributed by atoms with van der Waals surface area (Å²) in [5, 5.41) is 10.4. The van der Waals surface area contributed by atoms with E-state index in [4.69, 9.17) is 5.21 Å². The van der Waals surface area contributed by atoms with Crippen molar-refractivity contribution in [3.63, 3.8) is 0 Å². The summed E-state index contributed by atoms with van der Waals surface area (Å²) < 4.78 is 0. The lowest BCUT2D eigenvalue weighted by Gasteiger charge is -1.94. The topological polar surface area (TPSA) is 61.4 Å². The van der Waals surface area contributed by atoms with Crippen molar-refractivity contribution in [1.29, 1.82) is 0 Å². The number of nitrogens with one attached hydrogen (secondary N) is 2. The van der Waals surface area contributed by atoms with Crippen LogP contribution in [0.4, 0.5) is 0 Å². The molecule has 8 heavy (non-hydrogen) atoms. The molecule has 0 aromatic heterocycles. The minimum atomic E-state index is -0.482. The fourth-order valence-electron chi connectivity index (χ4n) is 0.204. The molecule has 0 aromatic carbocycles. The Hall–Kier alpha value is -1.03. The molecule has 0 saturated carbocycles. The lowest BCUT2D eigenvalue weighted by molar-refractivity contribution is -0.128. The van der Waals surface area contributed by atoms with Crippen LogP contribution in [0.1, 0.15) is 0 Å². The van der Waals surface area contributed by atoms with Crippen molar-refractivity contribution in [2.45, 2.75) is 0 Å². The predicted molar refractivity (Wildman–Crippen MR) is 28.1 cm³/mol. The number of carbonyl (C=O) groups excluding carboxylic acids is 1. The highest BCUT2D eigenvalue weighted by atomic mass is 16.5. The van der Waals surface area contributed by atoms with Crippen molar-refractivity contribution in [2.24, 2.45) is 0 Å². The third kappa shape index (κ3) is 3.17. The van der Waals surface area contributed by atoms with E-state index in [9.17, 15) is 4.79 Å². The zero-order chi connectivity index (χ0) is 6.41. The standard InChI is InChI=1S/C4H8N2O2/c1-2-5-3-4(7)6-8/h2,5,8H,1,3H2,(H,6,7). The molecule has 4 heteroatoms. The van der Waals surface area contributed by atoms with Gasteiger partial charge in [0.05, 0.1) is 6.54 Å². The van der Waals surface area contributed by atoms with Crippen LogP contribution in [0, 0.1) is 0 Å². The third-order valence-corrected chi connectivity index (χ3v) is 0.532. The van der Waals surface area contributed by atoms with Crippen LogP contribution in [0.3, 0.4) is 0 Å². The van der Waals surface area contributed by atoms with E-state index in [0.717, 1.165) is 0 Å². The van der Waals surface area contributed by atoms with E-state index in [0.29, 0.717) is 0 Å². The van der Waals surface area contributed by atoms with Gasteiger partial charge in [0.25, 0.3) is 5.91 Å². The fourth-order valence-corrected chi connectivity index (χ4v) is 0.204. The molecule has 0 saturated heterocycles. The molecular formula is C4H8N2O2. The second-order valence-corrected chi connectivity index (χ2v) is 1.12. The Balaban J connectivity index is 3.11. The highest BCUT2D eigenvalue weighted by molar-refractivity contribution is 5.76. The molecule has 0 spiro atoms. The zero-order valence-electron chi connectivity index (χ0n) is 4.35. The maximum absolute atomic E-state index is 10.1. The normalized spacial score (nSPS) is 7.62. The Bertz CT molecular complexity index is 92.0. The molecule has 4 nitrogen and oxygen atoms in total. The van der Waals surface area contributed by atoms with E-state index in [1.165, 1.54) is 11.7 Å². The first-order valence-corrected chi connectivity index (χ1v) is 2.08. The zero-order valence-corrected chi connectivity index (χ0v) is 4.35. The van der Waals surface area contributed by atoms with Gasteiger partial charge in [0.15, 0.2) is 0 Å². The van der Waals surface area contributed by atoms with Crippen LogP contribution in [0.5, 0.6) is 0 Å². The maximum atomic E-state index is 10.1. The van der Waals surface area contributed by atoms with Gasteiger partial charge in [-0.25, -0.2) is 5.48 Å². The lowest BCUT2D eigenvalue weighted by atomic mass is 10.6. The quantitative estimate of drug-likeness (QED) is 0.335. The second kappa shape index (κ2) is 4.14. The molecule has 0 radical (unpaired) electrons. The SMILES string of the molecule is C=CNCC(=O)NO. The van der Waals surface area contributed by atoms with E-state index in [1.807, 2.05) is 0 Å². The summed E-state index contributed by atoms with van der Waals surface area (Å²) in [5.74, 6) is -0.482. The molecule has 0 unspecified atom stereocenters. The Morgan fingerprint density at radius 3 is 2.88 bits per heavy atom. The van der Waals surface area contributed by atoms with Gasteiger partial charge in [0.1, 0.15) is 0 Å². The first-order valence-electron chi connectivity index (χ1n) is 2.08. The van der Waals surface area contributed by atoms with Crippen molar-refractivity contribution in [2.75, 3.05) is 6.54 Å². The maximum Gasteiger partial charge on any atom is 0.262 e. The minimum absolute atomic E-state index is 0.0556. The van der Waals surface area contributed by atoms with Crippen molar-refractivity contribution < 1.29 is 10.0 Å². The lowest BCUT2D eigenvalue weighted by Crippen LogP contribution is -2.28. The summed E-state index contributed by atoms with van der Waals surface area (Å²) in [6.07, 6.45) is 1.37. The van der Waals surface area contributed by atoms with Crippen LogP contribution < -0.4 is 10.8 Å². The van der Waals surface area contributed by atoms with Crippen molar-refractivity contribution in [1.82, 2.24) is 10.8 Å². The third-order valence-electron chi connectivity index (χ3n) is 0.532. The van der Waals surface area contributed by atoms with Crippen LogP contribution in [-0.2, 0) is 4.79 Å². The fraction of sp³-hybridized carbons (Fsp3) is 0.250. The van der Waals surface area contributed by atoms with Gasteiger partial charge in [-0.1, -0.05) is 6.58 Å². The van der Waals surface area contributed by atoms with E-state index < -0.39 is 5.91 Å². The molecular weight excluding hydrogens is 108 g/mol. The largest absolute Gasteiger partial charge is 0.383 e. The van der Waals surface area contributed by atoms with Crippen molar-refractivity contribution in [3.8, 4) is 0 Å². The summed E-state index contributed by atoms with van der Waals surface area (Å²) in [5.41, 5.74) is 1.45. The number of rotatable bonds is 3. The Morgan fingerprint density at radius 1 is 1.88 bits per heavy atom. The molecule has 0 aliphatic heterocycles. The summed E-state index contributed by atoms with van der Waals surface area (Å²) >= 11 is 0. The summed E-state index contributed by atoms with van der Waals surface area (Å²) in [6.45, 7) is 3.35. The molecule has 0 heterocycles. The first kappa shape index (κ1) is 6.97. The van der Waals surface area contributed by atoms with Gasteiger partial charge in [-0.2, -0.15) is 0 Å². The second-order valence-electron chi connectivity index (χ2n) is 1.12. The Labute approximate surface area is 47.2 Å². The first-order chi connectivity index (χ1) is 3.81. The van der Waals surface area contributed by atoms with Gasteiger partial charge in [0, 0.05) is 0 Å². The van der Waals surface area contributed by atoms with Gasteiger partial charge in [0.2, 0.25) is 0 Å². The Kier molecular flexibility index (Phi) is 3.60. The molecule has 3 N–H and O–H groups in total. The number of hydroxylamine groups is 1. The van der Waals surface area contributed by atoms with Gasteiger partial charge in [-0.15, -0.1) is 0 Å². The number of hydrogen-bond acceptors (Lipinski definition) is 3. The molecule has 1 amide bonds. The van der Waals surface area contributed by atoms with Gasteiger partial charge in [-0.3, -0.25) is 10.0 Å². The highest BCUT2D eigenvalue weighted by Crippen LogP contribution is 1.57. The van der Waals surface area contributed by atoms with Gasteiger partial charge in [-0.05, 0) is 6.20 Å². The molecule has 0 fully saturated rings. The summed E-state index contributed by atoms with van der Waals surface area (Å²) in [7, 11) is 0. The molecule has 0 rings (SSSR count). The average molecular weight is 116 g/mol. The van der Waals surface area contributed by atoms with E-state index in [-0.39, 0.29) is 6.54 Å². The summed E-state index contributed by atoms with van der Waals surface area (Å²) in [6, 6.07) is 0. The summed E-state index contributed by atoms with van der Waals surface area (Å²) in [4.78, 5) is 10.1. The smallest absolute Gasteiger partial charge is 0.262 e. The van der Waals surface area contributed by atoms with Crippen molar-refractivity contribution in [3.05, 3.63) is 12.8 Å². The molecule has 46 valence electrons. The molecule has 0 aromatic rings. The molecule has 0 atom stereocenters. The number of carbonyl (C=O) groups is 1. The van der Waals surface area contributed by atoms with Crippen LogP contribution in [0.25, 0.3) is 0 Å². The van der Waals surface area contributed by atoms with Crippen molar-refractivity contribution >= 4 is 5.91 Å². The molecule has 0 bridgehead atoms. The van der Waals surface area contributed by atoms with Gasteiger partial charge < -0.3 is 5.32 Å². The van der Waals surface area contributed by atoms with Crippen LogP contribution in [0.2, 0.25) is 0 Å². The molecule has 0 aliphatic rings.